The van der Waals surface area contributed by atoms with Gasteiger partial charge in [-0.15, -0.1) is 0 Å². The summed E-state index contributed by atoms with van der Waals surface area (Å²) in [5, 5.41) is 3.29. The summed E-state index contributed by atoms with van der Waals surface area (Å²) in [5.41, 5.74) is 2.88. The van der Waals surface area contributed by atoms with Crippen molar-refractivity contribution in [3.63, 3.8) is 0 Å². The Morgan fingerprint density at radius 2 is 2.19 bits per heavy atom. The fraction of sp³-hybridized carbons (Fsp3) is 0.438. The molecule has 2 heterocycles. The lowest BCUT2D eigenvalue weighted by Gasteiger charge is -2.10. The van der Waals surface area contributed by atoms with E-state index in [4.69, 9.17) is 4.74 Å². The number of rotatable bonds is 4. The zero-order chi connectivity index (χ0) is 14.8. The lowest BCUT2D eigenvalue weighted by molar-refractivity contribution is 0.270. The molecule has 0 unspecified atom stereocenters. The van der Waals surface area contributed by atoms with E-state index in [-0.39, 0.29) is 5.82 Å². The number of halogens is 1. The number of ether oxygens (including phenoxy) is 1. The summed E-state index contributed by atoms with van der Waals surface area (Å²) in [6.45, 7) is 6.42. The molecule has 0 radical (unpaired) electrons. The topological polar surface area (TPSA) is 49.9 Å². The van der Waals surface area contributed by atoms with E-state index < -0.39 is 0 Å². The normalized spacial score (nSPS) is 14.3. The number of imidazole rings is 1. The van der Waals surface area contributed by atoms with Crippen LogP contribution in [0.4, 0.5) is 4.39 Å². The van der Waals surface area contributed by atoms with Gasteiger partial charge < -0.3 is 15.0 Å². The Morgan fingerprint density at radius 1 is 1.33 bits per heavy atom. The molecule has 1 aliphatic rings. The molecule has 112 valence electrons. The average molecular weight is 289 g/mol. The molecular weight excluding hydrogens is 269 g/mol. The number of H-pyrrole nitrogens is 1. The van der Waals surface area contributed by atoms with Gasteiger partial charge in [-0.3, -0.25) is 0 Å². The zero-order valence-electron chi connectivity index (χ0n) is 12.4. The van der Waals surface area contributed by atoms with Gasteiger partial charge in [-0.2, -0.15) is 0 Å². The van der Waals surface area contributed by atoms with E-state index in [1.54, 1.807) is 0 Å². The van der Waals surface area contributed by atoms with Crippen LogP contribution in [0.2, 0.25) is 0 Å². The quantitative estimate of drug-likeness (QED) is 0.910. The SMILES string of the molecule is CC(C)COc1cc(F)cc(-c2nc3c([nH]2)CNCC3)c1. The molecule has 0 spiro atoms. The van der Waals surface area contributed by atoms with E-state index in [9.17, 15) is 4.39 Å². The largest absolute Gasteiger partial charge is 0.493 e. The van der Waals surface area contributed by atoms with E-state index in [1.165, 1.54) is 12.1 Å². The molecule has 0 aliphatic carbocycles. The van der Waals surface area contributed by atoms with Crippen LogP contribution in [0, 0.1) is 11.7 Å². The van der Waals surface area contributed by atoms with Gasteiger partial charge in [0.05, 0.1) is 18.0 Å². The number of hydrogen-bond acceptors (Lipinski definition) is 3. The Balaban J connectivity index is 1.88. The van der Waals surface area contributed by atoms with Crippen LogP contribution in [-0.2, 0) is 13.0 Å². The summed E-state index contributed by atoms with van der Waals surface area (Å²) in [4.78, 5) is 7.85. The molecule has 2 N–H and O–H groups in total. The van der Waals surface area contributed by atoms with E-state index >= 15 is 0 Å². The Bertz CT molecular complexity index is 613. The Labute approximate surface area is 123 Å². The van der Waals surface area contributed by atoms with Gasteiger partial charge in [0.2, 0.25) is 0 Å². The van der Waals surface area contributed by atoms with Gasteiger partial charge >= 0.3 is 0 Å². The number of benzene rings is 1. The standard InChI is InChI=1S/C16H20FN3O/c1-10(2)9-21-13-6-11(5-12(17)7-13)16-19-14-3-4-18-8-15(14)20-16/h5-7,10,18H,3-4,8-9H2,1-2H3,(H,19,20). The van der Waals surface area contributed by atoms with Crippen molar-refractivity contribution in [1.82, 2.24) is 15.3 Å². The summed E-state index contributed by atoms with van der Waals surface area (Å²) in [7, 11) is 0. The van der Waals surface area contributed by atoms with E-state index in [0.29, 0.717) is 24.1 Å². The number of aromatic amines is 1. The maximum absolute atomic E-state index is 13.8. The highest BCUT2D eigenvalue weighted by Crippen LogP contribution is 2.26. The molecule has 1 aromatic heterocycles. The van der Waals surface area contributed by atoms with Crippen molar-refractivity contribution in [3.8, 4) is 17.1 Å². The minimum absolute atomic E-state index is 0.307. The maximum atomic E-state index is 13.8. The monoisotopic (exact) mass is 289 g/mol. The second-order valence-corrected chi connectivity index (χ2v) is 5.82. The molecule has 0 bridgehead atoms. The Morgan fingerprint density at radius 3 is 2.95 bits per heavy atom. The molecule has 2 aromatic rings. The van der Waals surface area contributed by atoms with Gasteiger partial charge in [-0.1, -0.05) is 13.8 Å². The van der Waals surface area contributed by atoms with Gasteiger partial charge in [0.25, 0.3) is 0 Å². The molecule has 0 atom stereocenters. The van der Waals surface area contributed by atoms with E-state index in [2.05, 4.69) is 29.1 Å². The highest BCUT2D eigenvalue weighted by atomic mass is 19.1. The molecule has 0 saturated carbocycles. The van der Waals surface area contributed by atoms with Crippen molar-refractivity contribution in [3.05, 3.63) is 35.4 Å². The lowest BCUT2D eigenvalue weighted by atomic mass is 10.2. The van der Waals surface area contributed by atoms with Crippen LogP contribution in [0.1, 0.15) is 25.2 Å². The van der Waals surface area contributed by atoms with Crippen LogP contribution < -0.4 is 10.1 Å². The molecule has 0 fully saturated rings. The first-order chi connectivity index (χ1) is 10.1. The van der Waals surface area contributed by atoms with Crippen LogP contribution >= 0.6 is 0 Å². The van der Waals surface area contributed by atoms with Crippen LogP contribution in [0.5, 0.6) is 5.75 Å². The van der Waals surface area contributed by atoms with Gasteiger partial charge in [-0.25, -0.2) is 9.37 Å². The van der Waals surface area contributed by atoms with E-state index in [0.717, 1.165) is 36.5 Å². The number of aromatic nitrogens is 2. The lowest BCUT2D eigenvalue weighted by Crippen LogP contribution is -2.23. The fourth-order valence-corrected chi connectivity index (χ4v) is 2.40. The molecule has 5 heteroatoms. The number of nitrogens with zero attached hydrogens (tertiary/aromatic N) is 1. The van der Waals surface area contributed by atoms with Gasteiger partial charge in [0.1, 0.15) is 17.4 Å². The van der Waals surface area contributed by atoms with Crippen molar-refractivity contribution in [2.24, 2.45) is 5.92 Å². The van der Waals surface area contributed by atoms with Crippen LogP contribution in [0.15, 0.2) is 18.2 Å². The first-order valence-corrected chi connectivity index (χ1v) is 7.34. The average Bonchev–Trinajstić information content (AvgIpc) is 2.88. The van der Waals surface area contributed by atoms with Crippen molar-refractivity contribution in [1.29, 1.82) is 0 Å². The molecular formula is C16H20FN3O. The predicted molar refractivity (Wildman–Crippen MR) is 79.7 cm³/mol. The first kappa shape index (κ1) is 14.1. The minimum Gasteiger partial charge on any atom is -0.493 e. The highest BCUT2D eigenvalue weighted by molar-refractivity contribution is 5.59. The third-order valence-corrected chi connectivity index (χ3v) is 3.43. The second-order valence-electron chi connectivity index (χ2n) is 5.82. The van der Waals surface area contributed by atoms with Crippen molar-refractivity contribution in [2.45, 2.75) is 26.8 Å². The Hall–Kier alpha value is -1.88. The third-order valence-electron chi connectivity index (χ3n) is 3.43. The molecule has 0 saturated heterocycles. The number of hydrogen-bond donors (Lipinski definition) is 2. The van der Waals surface area contributed by atoms with Crippen LogP contribution in [0.25, 0.3) is 11.4 Å². The third kappa shape index (κ3) is 3.24. The molecule has 4 nitrogen and oxygen atoms in total. The van der Waals surface area contributed by atoms with Gasteiger partial charge in [-0.05, 0) is 18.1 Å². The second kappa shape index (κ2) is 5.85. The van der Waals surface area contributed by atoms with Crippen molar-refractivity contribution >= 4 is 0 Å². The van der Waals surface area contributed by atoms with Gasteiger partial charge in [0, 0.05) is 31.1 Å². The zero-order valence-corrected chi connectivity index (χ0v) is 12.4. The molecule has 3 rings (SSSR count). The smallest absolute Gasteiger partial charge is 0.138 e. The van der Waals surface area contributed by atoms with Crippen molar-refractivity contribution in [2.75, 3.05) is 13.2 Å². The summed E-state index contributed by atoms with van der Waals surface area (Å²) in [5.74, 6) is 1.35. The van der Waals surface area contributed by atoms with E-state index in [1.807, 2.05) is 6.07 Å². The first-order valence-electron chi connectivity index (χ1n) is 7.34. The van der Waals surface area contributed by atoms with Crippen LogP contribution in [-0.4, -0.2) is 23.1 Å². The number of nitrogens with one attached hydrogen (secondary N) is 2. The molecule has 1 aliphatic heterocycles. The van der Waals surface area contributed by atoms with Crippen molar-refractivity contribution < 1.29 is 9.13 Å². The summed E-state index contributed by atoms with van der Waals surface area (Å²) in [6, 6.07) is 4.74. The molecule has 1 aromatic carbocycles. The predicted octanol–water partition coefficient (Wildman–Crippen LogP) is 2.90. The summed E-state index contributed by atoms with van der Waals surface area (Å²) >= 11 is 0. The minimum atomic E-state index is -0.307. The highest BCUT2D eigenvalue weighted by Gasteiger charge is 2.15. The summed E-state index contributed by atoms with van der Waals surface area (Å²) < 4.78 is 19.4. The van der Waals surface area contributed by atoms with Crippen LogP contribution in [0.3, 0.4) is 0 Å². The van der Waals surface area contributed by atoms with Gasteiger partial charge in [0.15, 0.2) is 0 Å². The molecule has 0 amide bonds. The Kier molecular flexibility index (Phi) is 3.92. The summed E-state index contributed by atoms with van der Waals surface area (Å²) in [6.07, 6.45) is 0.901. The fourth-order valence-electron chi connectivity index (χ4n) is 2.40. The number of fused-ring (bicyclic) bond motifs is 1. The maximum Gasteiger partial charge on any atom is 0.138 e. The molecule has 21 heavy (non-hydrogen) atoms.